The molecule has 1 amide bonds. The van der Waals surface area contributed by atoms with E-state index in [1.807, 2.05) is 0 Å². The van der Waals surface area contributed by atoms with Crippen LogP contribution in [0.15, 0.2) is 71.8 Å². The summed E-state index contributed by atoms with van der Waals surface area (Å²) in [5, 5.41) is 4.52. The van der Waals surface area contributed by atoms with E-state index in [0.717, 1.165) is 18.6 Å². The number of esters is 1. The maximum absolute atomic E-state index is 12.3. The van der Waals surface area contributed by atoms with Gasteiger partial charge in [0.05, 0.1) is 25.5 Å². The van der Waals surface area contributed by atoms with Crippen molar-refractivity contribution in [1.29, 1.82) is 0 Å². The average molecular weight is 481 g/mol. The van der Waals surface area contributed by atoms with E-state index in [1.54, 1.807) is 66.7 Å². The van der Waals surface area contributed by atoms with Gasteiger partial charge in [0.2, 0.25) is 0 Å². The smallest absolute Gasteiger partial charge is 0.343 e. The molecule has 8 heteroatoms. The summed E-state index contributed by atoms with van der Waals surface area (Å²) in [5.74, 6) is 0.431. The number of rotatable bonds is 10. The Labute approximate surface area is 203 Å². The summed E-state index contributed by atoms with van der Waals surface area (Å²) in [6.45, 7) is 2.74. The van der Waals surface area contributed by atoms with Crippen LogP contribution in [0.2, 0.25) is 5.02 Å². The van der Waals surface area contributed by atoms with Gasteiger partial charge in [-0.1, -0.05) is 24.9 Å². The van der Waals surface area contributed by atoms with Gasteiger partial charge in [-0.15, -0.1) is 0 Å². The standard InChI is InChI=1S/C26H25ClN2O5/c1-3-4-15-33-22-12-8-19(9-13-22)25(30)29-28-17-18-5-14-23(24(16-18)32-2)34-26(31)20-6-10-21(27)11-7-20/h5-14,16-17H,3-4,15H2,1-2H3,(H,29,30)/b28-17-. The molecule has 0 saturated heterocycles. The zero-order valence-electron chi connectivity index (χ0n) is 18.9. The minimum atomic E-state index is -0.537. The molecule has 7 nitrogen and oxygen atoms in total. The van der Waals surface area contributed by atoms with E-state index in [4.69, 9.17) is 25.8 Å². The van der Waals surface area contributed by atoms with Crippen LogP contribution in [0, 0.1) is 0 Å². The molecule has 0 atom stereocenters. The van der Waals surface area contributed by atoms with Crippen molar-refractivity contribution >= 4 is 29.7 Å². The molecule has 0 heterocycles. The average Bonchev–Trinajstić information content (AvgIpc) is 2.85. The topological polar surface area (TPSA) is 86.2 Å². The third kappa shape index (κ3) is 7.08. The minimum Gasteiger partial charge on any atom is -0.494 e. The second-order valence-corrected chi connectivity index (χ2v) is 7.67. The molecular weight excluding hydrogens is 456 g/mol. The van der Waals surface area contributed by atoms with Crippen LogP contribution in [-0.4, -0.2) is 31.8 Å². The second kappa shape index (κ2) is 12.4. The number of carbonyl (C=O) groups is 2. The quantitative estimate of drug-likeness (QED) is 0.136. The number of amides is 1. The maximum atomic E-state index is 12.3. The number of nitrogens with one attached hydrogen (secondary N) is 1. The van der Waals surface area contributed by atoms with Gasteiger partial charge in [0.1, 0.15) is 5.75 Å². The number of hydrazone groups is 1. The normalized spacial score (nSPS) is 10.7. The minimum absolute atomic E-state index is 0.255. The summed E-state index contributed by atoms with van der Waals surface area (Å²) in [7, 11) is 1.47. The molecule has 3 aromatic carbocycles. The molecule has 0 aliphatic heterocycles. The first-order valence-electron chi connectivity index (χ1n) is 10.7. The number of unbranched alkanes of at least 4 members (excludes halogenated alkanes) is 1. The van der Waals surface area contributed by atoms with Crippen molar-refractivity contribution in [3.63, 3.8) is 0 Å². The third-order valence-corrected chi connectivity index (χ3v) is 4.99. The van der Waals surface area contributed by atoms with Gasteiger partial charge < -0.3 is 14.2 Å². The van der Waals surface area contributed by atoms with Gasteiger partial charge in [-0.3, -0.25) is 4.79 Å². The zero-order chi connectivity index (χ0) is 24.3. The van der Waals surface area contributed by atoms with Gasteiger partial charge in [0, 0.05) is 10.6 Å². The highest BCUT2D eigenvalue weighted by molar-refractivity contribution is 6.30. The summed E-state index contributed by atoms with van der Waals surface area (Å²) in [4.78, 5) is 24.6. The highest BCUT2D eigenvalue weighted by Gasteiger charge is 2.13. The van der Waals surface area contributed by atoms with E-state index in [2.05, 4.69) is 17.5 Å². The first-order valence-corrected chi connectivity index (χ1v) is 11.1. The Morgan fingerprint density at radius 3 is 2.35 bits per heavy atom. The lowest BCUT2D eigenvalue weighted by atomic mass is 10.2. The van der Waals surface area contributed by atoms with Gasteiger partial charge >= 0.3 is 5.97 Å². The number of nitrogens with zero attached hydrogens (tertiary/aromatic N) is 1. The first kappa shape index (κ1) is 24.8. The Hall–Kier alpha value is -3.84. The van der Waals surface area contributed by atoms with E-state index in [1.165, 1.54) is 13.3 Å². The summed E-state index contributed by atoms with van der Waals surface area (Å²) < 4.78 is 16.3. The van der Waals surface area contributed by atoms with Gasteiger partial charge in [-0.05, 0) is 78.7 Å². The molecule has 0 aromatic heterocycles. The number of benzene rings is 3. The van der Waals surface area contributed by atoms with Crippen molar-refractivity contribution in [3.05, 3.63) is 88.4 Å². The first-order chi connectivity index (χ1) is 16.5. The Balaban J connectivity index is 1.58. The predicted molar refractivity (Wildman–Crippen MR) is 131 cm³/mol. The molecule has 0 saturated carbocycles. The lowest BCUT2D eigenvalue weighted by Crippen LogP contribution is -2.17. The molecule has 0 bridgehead atoms. The molecule has 176 valence electrons. The molecule has 0 aliphatic rings. The number of methoxy groups -OCH3 is 1. The van der Waals surface area contributed by atoms with Crippen LogP contribution in [0.3, 0.4) is 0 Å². The highest BCUT2D eigenvalue weighted by Crippen LogP contribution is 2.28. The number of carbonyl (C=O) groups excluding carboxylic acids is 2. The third-order valence-electron chi connectivity index (χ3n) is 4.73. The van der Waals surface area contributed by atoms with Crippen molar-refractivity contribution in [2.75, 3.05) is 13.7 Å². The molecule has 0 spiro atoms. The van der Waals surface area contributed by atoms with E-state index in [9.17, 15) is 9.59 Å². The number of ether oxygens (including phenoxy) is 3. The van der Waals surface area contributed by atoms with E-state index in [0.29, 0.717) is 34.1 Å². The van der Waals surface area contributed by atoms with Crippen LogP contribution in [0.1, 0.15) is 46.0 Å². The van der Waals surface area contributed by atoms with Gasteiger partial charge in [0.25, 0.3) is 5.91 Å². The van der Waals surface area contributed by atoms with Crippen LogP contribution in [0.25, 0.3) is 0 Å². The Kier molecular flexibility index (Phi) is 9.05. The number of hydrogen-bond donors (Lipinski definition) is 1. The monoisotopic (exact) mass is 480 g/mol. The summed E-state index contributed by atoms with van der Waals surface area (Å²) in [6, 6.07) is 18.2. The molecule has 34 heavy (non-hydrogen) atoms. The summed E-state index contributed by atoms with van der Waals surface area (Å²) in [6.07, 6.45) is 3.50. The lowest BCUT2D eigenvalue weighted by molar-refractivity contribution is 0.0729. The Bertz CT molecular complexity index is 1140. The summed E-state index contributed by atoms with van der Waals surface area (Å²) >= 11 is 5.85. The van der Waals surface area contributed by atoms with Crippen molar-refractivity contribution in [2.24, 2.45) is 5.10 Å². The second-order valence-electron chi connectivity index (χ2n) is 7.23. The molecule has 0 radical (unpaired) electrons. The van der Waals surface area contributed by atoms with Crippen LogP contribution >= 0.6 is 11.6 Å². The largest absolute Gasteiger partial charge is 0.494 e. The fourth-order valence-corrected chi connectivity index (χ4v) is 2.99. The fourth-order valence-electron chi connectivity index (χ4n) is 2.86. The van der Waals surface area contributed by atoms with Gasteiger partial charge in [0.15, 0.2) is 11.5 Å². The molecule has 3 aromatic rings. The maximum Gasteiger partial charge on any atom is 0.343 e. The molecular formula is C26H25ClN2O5. The molecule has 0 unspecified atom stereocenters. The molecule has 0 aliphatic carbocycles. The zero-order valence-corrected chi connectivity index (χ0v) is 19.7. The van der Waals surface area contributed by atoms with E-state index >= 15 is 0 Å². The summed E-state index contributed by atoms with van der Waals surface area (Å²) in [5.41, 5.74) is 3.95. The van der Waals surface area contributed by atoms with Crippen molar-refractivity contribution in [2.45, 2.75) is 19.8 Å². The molecule has 3 rings (SSSR count). The lowest BCUT2D eigenvalue weighted by Gasteiger charge is -2.10. The van der Waals surface area contributed by atoms with Gasteiger partial charge in [-0.2, -0.15) is 5.10 Å². The van der Waals surface area contributed by atoms with Crippen LogP contribution in [0.5, 0.6) is 17.2 Å². The van der Waals surface area contributed by atoms with Crippen LogP contribution in [-0.2, 0) is 0 Å². The molecule has 0 fully saturated rings. The highest BCUT2D eigenvalue weighted by atomic mass is 35.5. The van der Waals surface area contributed by atoms with Crippen molar-refractivity contribution in [3.8, 4) is 17.2 Å². The fraction of sp³-hybridized carbons (Fsp3) is 0.192. The van der Waals surface area contributed by atoms with Gasteiger partial charge in [-0.25, -0.2) is 10.2 Å². The van der Waals surface area contributed by atoms with E-state index in [-0.39, 0.29) is 11.7 Å². The van der Waals surface area contributed by atoms with Crippen molar-refractivity contribution in [1.82, 2.24) is 5.43 Å². The SMILES string of the molecule is CCCCOc1ccc(C(=O)N/N=C\c2ccc(OC(=O)c3ccc(Cl)cc3)c(OC)c2)cc1. The van der Waals surface area contributed by atoms with Crippen LogP contribution in [0.4, 0.5) is 0 Å². The van der Waals surface area contributed by atoms with Crippen LogP contribution < -0.4 is 19.6 Å². The van der Waals surface area contributed by atoms with Crippen molar-refractivity contribution < 1.29 is 23.8 Å². The number of halogens is 1. The Morgan fingerprint density at radius 2 is 1.68 bits per heavy atom. The van der Waals surface area contributed by atoms with E-state index < -0.39 is 5.97 Å². The Morgan fingerprint density at radius 1 is 0.971 bits per heavy atom. The predicted octanol–water partition coefficient (Wildman–Crippen LogP) is 5.51. The molecule has 1 N–H and O–H groups in total. The number of hydrogen-bond acceptors (Lipinski definition) is 6.